The topological polar surface area (TPSA) is 78.0 Å². The number of aryl methyl sites for hydroxylation is 2. The van der Waals surface area contributed by atoms with Crippen LogP contribution >= 0.6 is 15.9 Å². The lowest BCUT2D eigenvalue weighted by Crippen LogP contribution is -2.16. The van der Waals surface area contributed by atoms with Crippen molar-refractivity contribution in [2.45, 2.75) is 24.3 Å². The Bertz CT molecular complexity index is 769. The minimum atomic E-state index is -3.23. The minimum Gasteiger partial charge on any atom is -0.324 e. The SMILES string of the molecule is Cc1nn(C)c(CC(N)c2cccc(S(C)(=O)=O)c2)c1Br. The zero-order valence-electron chi connectivity index (χ0n) is 12.2. The smallest absolute Gasteiger partial charge is 0.175 e. The molecule has 1 heterocycles. The number of hydrogen-bond donors (Lipinski definition) is 1. The highest BCUT2D eigenvalue weighted by Gasteiger charge is 2.17. The van der Waals surface area contributed by atoms with E-state index < -0.39 is 9.84 Å². The van der Waals surface area contributed by atoms with Crippen LogP contribution in [0.4, 0.5) is 0 Å². The predicted molar refractivity (Wildman–Crippen MR) is 85.8 cm³/mol. The molecule has 0 aliphatic heterocycles. The summed E-state index contributed by atoms with van der Waals surface area (Å²) in [6.07, 6.45) is 1.77. The van der Waals surface area contributed by atoms with Gasteiger partial charge in [-0.1, -0.05) is 12.1 Å². The Morgan fingerprint density at radius 2 is 2.10 bits per heavy atom. The maximum Gasteiger partial charge on any atom is 0.175 e. The van der Waals surface area contributed by atoms with E-state index in [1.165, 1.54) is 6.26 Å². The molecule has 0 spiro atoms. The van der Waals surface area contributed by atoms with Gasteiger partial charge in [0.1, 0.15) is 0 Å². The van der Waals surface area contributed by atoms with Crippen LogP contribution in [0.3, 0.4) is 0 Å². The molecule has 0 saturated heterocycles. The number of hydrogen-bond acceptors (Lipinski definition) is 4. The Morgan fingerprint density at radius 1 is 1.43 bits per heavy atom. The highest BCUT2D eigenvalue weighted by atomic mass is 79.9. The summed E-state index contributed by atoms with van der Waals surface area (Å²) in [5.41, 5.74) is 8.92. The van der Waals surface area contributed by atoms with Crippen LogP contribution in [0.5, 0.6) is 0 Å². The van der Waals surface area contributed by atoms with Gasteiger partial charge in [-0.3, -0.25) is 4.68 Å². The molecule has 0 fully saturated rings. The summed E-state index contributed by atoms with van der Waals surface area (Å²) in [6.45, 7) is 1.92. The largest absolute Gasteiger partial charge is 0.324 e. The third-order valence-electron chi connectivity index (χ3n) is 3.39. The Labute approximate surface area is 133 Å². The lowest BCUT2D eigenvalue weighted by Gasteiger charge is -2.13. The van der Waals surface area contributed by atoms with Gasteiger partial charge in [0.15, 0.2) is 9.84 Å². The lowest BCUT2D eigenvalue weighted by molar-refractivity contribution is 0.601. The molecule has 1 aromatic carbocycles. The average Bonchev–Trinajstić information content (AvgIpc) is 2.64. The van der Waals surface area contributed by atoms with Crippen LogP contribution < -0.4 is 5.73 Å². The summed E-state index contributed by atoms with van der Waals surface area (Å²) < 4.78 is 26.0. The van der Waals surface area contributed by atoms with Crippen molar-refractivity contribution in [3.8, 4) is 0 Å². The minimum absolute atomic E-state index is 0.288. The standard InChI is InChI=1S/C14H18BrN3O2S/c1-9-14(15)13(18(2)17-9)8-12(16)10-5-4-6-11(7-10)21(3,19)20/h4-7,12H,8,16H2,1-3H3. The summed E-state index contributed by atoms with van der Waals surface area (Å²) in [4.78, 5) is 0.288. The number of aromatic nitrogens is 2. The van der Waals surface area contributed by atoms with Crippen molar-refractivity contribution in [1.29, 1.82) is 0 Å². The Kier molecular flexibility index (Phi) is 4.55. The molecule has 2 aromatic rings. The number of nitrogens with two attached hydrogens (primary N) is 1. The van der Waals surface area contributed by atoms with Crippen LogP contribution in [0.15, 0.2) is 33.6 Å². The van der Waals surface area contributed by atoms with Crippen LogP contribution in [0.2, 0.25) is 0 Å². The van der Waals surface area contributed by atoms with Crippen molar-refractivity contribution < 1.29 is 8.42 Å². The van der Waals surface area contributed by atoms with Crippen molar-refractivity contribution in [2.24, 2.45) is 12.8 Å². The van der Waals surface area contributed by atoms with Crippen molar-refractivity contribution in [3.63, 3.8) is 0 Å². The molecule has 0 aliphatic rings. The highest BCUT2D eigenvalue weighted by molar-refractivity contribution is 9.10. The molecule has 0 amide bonds. The van der Waals surface area contributed by atoms with Gasteiger partial charge in [0.25, 0.3) is 0 Å². The van der Waals surface area contributed by atoms with Crippen molar-refractivity contribution in [3.05, 3.63) is 45.7 Å². The van der Waals surface area contributed by atoms with Crippen LogP contribution in [0.25, 0.3) is 0 Å². The molecular formula is C14H18BrN3O2S. The van der Waals surface area contributed by atoms with Crippen molar-refractivity contribution in [2.75, 3.05) is 6.26 Å². The number of benzene rings is 1. The summed E-state index contributed by atoms with van der Waals surface area (Å²) >= 11 is 3.51. The molecule has 114 valence electrons. The molecule has 1 aromatic heterocycles. The average molecular weight is 372 g/mol. The molecule has 0 saturated carbocycles. The normalized spacial score (nSPS) is 13.4. The molecule has 0 aliphatic carbocycles. The fraction of sp³-hybridized carbons (Fsp3) is 0.357. The second-order valence-electron chi connectivity index (χ2n) is 5.12. The van der Waals surface area contributed by atoms with Gasteiger partial charge in [-0.2, -0.15) is 5.10 Å². The molecule has 0 radical (unpaired) electrons. The first-order valence-corrected chi connectivity index (χ1v) is 9.12. The third-order valence-corrected chi connectivity index (χ3v) is 5.53. The van der Waals surface area contributed by atoms with Gasteiger partial charge < -0.3 is 5.73 Å². The molecule has 5 nitrogen and oxygen atoms in total. The van der Waals surface area contributed by atoms with E-state index in [4.69, 9.17) is 5.73 Å². The maximum absolute atomic E-state index is 11.6. The Morgan fingerprint density at radius 3 is 2.62 bits per heavy atom. The van der Waals surface area contributed by atoms with Gasteiger partial charge in [-0.25, -0.2) is 8.42 Å². The monoisotopic (exact) mass is 371 g/mol. The molecule has 0 bridgehead atoms. The fourth-order valence-electron chi connectivity index (χ4n) is 2.20. The van der Waals surface area contributed by atoms with E-state index >= 15 is 0 Å². The van der Waals surface area contributed by atoms with Gasteiger partial charge in [-0.05, 0) is 40.5 Å². The van der Waals surface area contributed by atoms with Gasteiger partial charge in [0.05, 0.1) is 20.8 Å². The fourth-order valence-corrected chi connectivity index (χ4v) is 3.38. The van der Waals surface area contributed by atoms with E-state index in [1.807, 2.05) is 20.0 Å². The molecule has 2 rings (SSSR count). The number of rotatable bonds is 4. The molecular weight excluding hydrogens is 354 g/mol. The summed E-state index contributed by atoms with van der Waals surface area (Å²) in [6, 6.07) is 6.48. The van der Waals surface area contributed by atoms with Crippen LogP contribution in [-0.4, -0.2) is 24.5 Å². The van der Waals surface area contributed by atoms with Gasteiger partial charge in [-0.15, -0.1) is 0 Å². The molecule has 2 N–H and O–H groups in total. The van der Waals surface area contributed by atoms with Crippen molar-refractivity contribution >= 4 is 25.8 Å². The molecule has 1 unspecified atom stereocenters. The highest BCUT2D eigenvalue weighted by Crippen LogP contribution is 2.25. The zero-order chi connectivity index (χ0) is 15.8. The second kappa shape index (κ2) is 5.90. The third kappa shape index (κ3) is 3.53. The van der Waals surface area contributed by atoms with E-state index in [2.05, 4.69) is 21.0 Å². The van der Waals surface area contributed by atoms with Gasteiger partial charge >= 0.3 is 0 Å². The van der Waals surface area contributed by atoms with E-state index in [1.54, 1.807) is 22.9 Å². The summed E-state index contributed by atoms with van der Waals surface area (Å²) in [5.74, 6) is 0. The van der Waals surface area contributed by atoms with Gasteiger partial charge in [0.2, 0.25) is 0 Å². The van der Waals surface area contributed by atoms with Crippen LogP contribution in [0.1, 0.15) is 23.0 Å². The Balaban J connectivity index is 2.31. The first-order chi connectivity index (χ1) is 9.70. The maximum atomic E-state index is 11.6. The predicted octanol–water partition coefficient (Wildman–Crippen LogP) is 2.14. The molecule has 7 heteroatoms. The number of sulfone groups is 1. The lowest BCUT2D eigenvalue weighted by atomic mass is 10.0. The molecule has 1 atom stereocenters. The summed E-state index contributed by atoms with van der Waals surface area (Å²) in [5, 5.41) is 4.33. The van der Waals surface area contributed by atoms with E-state index in [-0.39, 0.29) is 10.9 Å². The van der Waals surface area contributed by atoms with E-state index in [0.717, 1.165) is 21.4 Å². The molecule has 21 heavy (non-hydrogen) atoms. The van der Waals surface area contributed by atoms with Crippen LogP contribution in [-0.2, 0) is 23.3 Å². The first-order valence-electron chi connectivity index (χ1n) is 6.43. The van der Waals surface area contributed by atoms with E-state index in [0.29, 0.717) is 6.42 Å². The van der Waals surface area contributed by atoms with Crippen molar-refractivity contribution in [1.82, 2.24) is 9.78 Å². The summed E-state index contributed by atoms with van der Waals surface area (Å²) in [7, 11) is -1.36. The first kappa shape index (κ1) is 16.2. The number of halogens is 1. The zero-order valence-corrected chi connectivity index (χ0v) is 14.6. The number of nitrogens with zero attached hydrogens (tertiary/aromatic N) is 2. The second-order valence-corrected chi connectivity index (χ2v) is 7.93. The van der Waals surface area contributed by atoms with Crippen LogP contribution in [0, 0.1) is 6.92 Å². The Hall–Kier alpha value is -1.18. The van der Waals surface area contributed by atoms with E-state index in [9.17, 15) is 8.42 Å². The quantitative estimate of drug-likeness (QED) is 0.892. The van der Waals surface area contributed by atoms with Gasteiger partial charge in [0, 0.05) is 25.8 Å².